The molecule has 202 valence electrons. The Morgan fingerprint density at radius 3 is 2.17 bits per heavy atom. The summed E-state index contributed by atoms with van der Waals surface area (Å²) in [5, 5.41) is 21.5. The Labute approximate surface area is 202 Å². The predicted molar refractivity (Wildman–Crippen MR) is 114 cm³/mol. The summed E-state index contributed by atoms with van der Waals surface area (Å²) in [4.78, 5) is 22.6. The molecule has 0 atom stereocenters. The SMILES string of the molecule is Cc1cc(CN(C)CCN2CCOc3ccccc3C2)n[nH]1.O=C(O)C(F)(F)F.O=C(O)C(F)(F)F. The number of alkyl halides is 6. The van der Waals surface area contributed by atoms with E-state index in [-0.39, 0.29) is 0 Å². The number of halogens is 6. The molecule has 0 saturated heterocycles. The normalized spacial score (nSPS) is 13.8. The summed E-state index contributed by atoms with van der Waals surface area (Å²) in [6.07, 6.45) is -10.2. The first-order chi connectivity index (χ1) is 16.6. The number of aliphatic carboxylic acids is 2. The maximum Gasteiger partial charge on any atom is 0.490 e. The molecule has 0 unspecified atom stereocenters. The summed E-state index contributed by atoms with van der Waals surface area (Å²) in [6.45, 7) is 7.68. The molecule has 1 aliphatic heterocycles. The van der Waals surface area contributed by atoms with Gasteiger partial charge >= 0.3 is 24.3 Å². The Balaban J connectivity index is 0.000000383. The van der Waals surface area contributed by atoms with Crippen molar-refractivity contribution in [3.8, 4) is 5.75 Å². The molecule has 1 aromatic heterocycles. The zero-order valence-corrected chi connectivity index (χ0v) is 19.4. The molecule has 0 bridgehead atoms. The highest BCUT2D eigenvalue weighted by molar-refractivity contribution is 5.73. The topological polar surface area (TPSA) is 119 Å². The van der Waals surface area contributed by atoms with Gasteiger partial charge in [-0.3, -0.25) is 14.9 Å². The molecule has 0 aliphatic carbocycles. The number of likely N-dealkylation sites (N-methyl/N-ethyl adjacent to an activating group) is 1. The van der Waals surface area contributed by atoms with Gasteiger partial charge in [0.25, 0.3) is 0 Å². The molecule has 0 amide bonds. The first-order valence-electron chi connectivity index (χ1n) is 10.3. The van der Waals surface area contributed by atoms with E-state index in [2.05, 4.69) is 51.3 Å². The molecule has 0 fully saturated rings. The number of nitrogens with zero attached hydrogens (tertiary/aromatic N) is 3. The van der Waals surface area contributed by atoms with Crippen molar-refractivity contribution in [2.75, 3.05) is 33.3 Å². The fraction of sp³-hybridized carbons (Fsp3) is 0.476. The number of fused-ring (bicyclic) bond motifs is 1. The third-order valence-corrected chi connectivity index (χ3v) is 4.51. The quantitative estimate of drug-likeness (QED) is 0.506. The number of para-hydroxylation sites is 1. The third-order valence-electron chi connectivity index (χ3n) is 4.51. The van der Waals surface area contributed by atoms with Crippen molar-refractivity contribution in [3.63, 3.8) is 0 Å². The van der Waals surface area contributed by atoms with Crippen molar-refractivity contribution in [1.82, 2.24) is 20.0 Å². The summed E-state index contributed by atoms with van der Waals surface area (Å²) in [6, 6.07) is 10.4. The number of carbonyl (C=O) groups is 2. The Bertz CT molecular complexity index is 956. The van der Waals surface area contributed by atoms with E-state index in [9.17, 15) is 26.3 Å². The van der Waals surface area contributed by atoms with Gasteiger partial charge in [-0.1, -0.05) is 18.2 Å². The van der Waals surface area contributed by atoms with Gasteiger partial charge in [-0.25, -0.2) is 9.59 Å². The van der Waals surface area contributed by atoms with Crippen molar-refractivity contribution >= 4 is 11.9 Å². The second kappa shape index (κ2) is 13.7. The number of hydrogen-bond donors (Lipinski definition) is 3. The Morgan fingerprint density at radius 1 is 1.11 bits per heavy atom. The van der Waals surface area contributed by atoms with Crippen molar-refractivity contribution in [2.45, 2.75) is 32.4 Å². The van der Waals surface area contributed by atoms with Crippen LogP contribution >= 0.6 is 0 Å². The average Bonchev–Trinajstić information content (AvgIpc) is 3.04. The molecule has 3 N–H and O–H groups in total. The van der Waals surface area contributed by atoms with Crippen molar-refractivity contribution in [3.05, 3.63) is 47.3 Å². The maximum atomic E-state index is 10.6. The van der Waals surface area contributed by atoms with E-state index in [1.165, 1.54) is 5.56 Å². The molecule has 36 heavy (non-hydrogen) atoms. The van der Waals surface area contributed by atoms with E-state index in [0.29, 0.717) is 0 Å². The van der Waals surface area contributed by atoms with E-state index in [0.717, 1.165) is 56.5 Å². The number of carboxylic acids is 2. The molecule has 0 saturated carbocycles. The number of nitrogens with one attached hydrogen (secondary N) is 1. The second-order valence-corrected chi connectivity index (χ2v) is 7.62. The number of H-pyrrole nitrogens is 1. The first kappa shape index (κ1) is 30.7. The number of aromatic amines is 1. The van der Waals surface area contributed by atoms with Gasteiger partial charge in [-0.05, 0) is 26.1 Å². The van der Waals surface area contributed by atoms with Crippen LogP contribution < -0.4 is 4.74 Å². The van der Waals surface area contributed by atoms with Crippen LogP contribution in [0.2, 0.25) is 0 Å². The highest BCUT2D eigenvalue weighted by Gasteiger charge is 2.38. The fourth-order valence-electron chi connectivity index (χ4n) is 2.79. The minimum absolute atomic E-state index is 0.763. The van der Waals surface area contributed by atoms with Crippen molar-refractivity contribution in [2.24, 2.45) is 0 Å². The standard InChI is InChI=1S/C17H24N4O.2C2HF3O2/c1-14-11-16(19-18-14)13-20(2)7-8-21-9-10-22-17-6-4-3-5-15(17)12-21;2*3-2(4,5)1(6)7/h3-6,11H,7-10,12-13H2,1-2H3,(H,18,19);2*(H,6,7). The molecule has 2 heterocycles. The van der Waals surface area contributed by atoms with E-state index in [1.807, 2.05) is 13.0 Å². The van der Waals surface area contributed by atoms with Gasteiger partial charge in [-0.2, -0.15) is 31.4 Å². The number of rotatable bonds is 5. The average molecular weight is 528 g/mol. The zero-order valence-electron chi connectivity index (χ0n) is 19.4. The lowest BCUT2D eigenvalue weighted by molar-refractivity contribution is -0.193. The van der Waals surface area contributed by atoms with E-state index in [4.69, 9.17) is 24.5 Å². The van der Waals surface area contributed by atoms with Gasteiger partial charge in [0.2, 0.25) is 0 Å². The van der Waals surface area contributed by atoms with Gasteiger partial charge in [0.1, 0.15) is 12.4 Å². The summed E-state index contributed by atoms with van der Waals surface area (Å²) in [5.74, 6) is -4.48. The highest BCUT2D eigenvalue weighted by Crippen LogP contribution is 2.22. The molecule has 1 aliphatic rings. The number of aromatic nitrogens is 2. The van der Waals surface area contributed by atoms with Crippen LogP contribution in [0.3, 0.4) is 0 Å². The minimum Gasteiger partial charge on any atom is -0.492 e. The van der Waals surface area contributed by atoms with E-state index in [1.54, 1.807) is 0 Å². The van der Waals surface area contributed by atoms with Crippen LogP contribution in [-0.2, 0) is 22.7 Å². The lowest BCUT2D eigenvalue weighted by atomic mass is 10.2. The molecule has 0 radical (unpaired) electrons. The molecule has 15 heteroatoms. The molecule has 2 aromatic rings. The lowest BCUT2D eigenvalue weighted by Gasteiger charge is -2.23. The van der Waals surface area contributed by atoms with Crippen molar-refractivity contribution in [1.29, 1.82) is 0 Å². The minimum atomic E-state index is -5.08. The van der Waals surface area contributed by atoms with Crippen LogP contribution in [0.5, 0.6) is 5.75 Å². The molecular formula is C21H26F6N4O5. The van der Waals surface area contributed by atoms with Gasteiger partial charge in [0.05, 0.1) is 5.69 Å². The Morgan fingerprint density at radius 2 is 1.67 bits per heavy atom. The molecule has 1 aromatic carbocycles. The van der Waals surface area contributed by atoms with Crippen LogP contribution in [-0.4, -0.2) is 87.8 Å². The highest BCUT2D eigenvalue weighted by atomic mass is 19.4. The third kappa shape index (κ3) is 11.9. The molecule has 9 nitrogen and oxygen atoms in total. The van der Waals surface area contributed by atoms with E-state index < -0.39 is 24.3 Å². The van der Waals surface area contributed by atoms with Crippen LogP contribution in [0.4, 0.5) is 26.3 Å². The number of aryl methyl sites for hydroxylation is 1. The number of ether oxygens (including phenoxy) is 1. The van der Waals surface area contributed by atoms with E-state index >= 15 is 0 Å². The largest absolute Gasteiger partial charge is 0.492 e. The lowest BCUT2D eigenvalue weighted by Crippen LogP contribution is -2.34. The number of hydrogen-bond acceptors (Lipinski definition) is 6. The molecular weight excluding hydrogens is 502 g/mol. The van der Waals surface area contributed by atoms with Crippen molar-refractivity contribution < 1.29 is 50.9 Å². The zero-order chi connectivity index (χ0) is 27.5. The molecule has 3 rings (SSSR count). The van der Waals surface area contributed by atoms with Gasteiger partial charge in [0, 0.05) is 44.0 Å². The number of carboxylic acid groups (broad SMARTS) is 2. The Hall–Kier alpha value is -3.33. The number of benzene rings is 1. The summed E-state index contributed by atoms with van der Waals surface area (Å²) >= 11 is 0. The first-order valence-corrected chi connectivity index (χ1v) is 10.3. The van der Waals surface area contributed by atoms with Crippen LogP contribution in [0.1, 0.15) is 17.0 Å². The van der Waals surface area contributed by atoms with Crippen LogP contribution in [0, 0.1) is 6.92 Å². The van der Waals surface area contributed by atoms with Gasteiger partial charge < -0.3 is 14.9 Å². The van der Waals surface area contributed by atoms with Crippen LogP contribution in [0.25, 0.3) is 0 Å². The van der Waals surface area contributed by atoms with Gasteiger partial charge in [0.15, 0.2) is 0 Å². The molecule has 0 spiro atoms. The van der Waals surface area contributed by atoms with Crippen LogP contribution in [0.15, 0.2) is 30.3 Å². The smallest absolute Gasteiger partial charge is 0.490 e. The Kier molecular flexibility index (Phi) is 11.7. The fourth-order valence-corrected chi connectivity index (χ4v) is 2.79. The monoisotopic (exact) mass is 528 g/mol. The second-order valence-electron chi connectivity index (χ2n) is 7.62. The van der Waals surface area contributed by atoms with Gasteiger partial charge in [-0.15, -0.1) is 0 Å². The summed E-state index contributed by atoms with van der Waals surface area (Å²) in [5.41, 5.74) is 3.50. The maximum absolute atomic E-state index is 10.6. The summed E-state index contributed by atoms with van der Waals surface area (Å²) < 4.78 is 69.3. The summed E-state index contributed by atoms with van der Waals surface area (Å²) in [7, 11) is 2.15. The predicted octanol–water partition coefficient (Wildman–Crippen LogP) is 3.31.